The molecule has 1 aromatic carbocycles. The van der Waals surface area contributed by atoms with Crippen molar-refractivity contribution in [3.63, 3.8) is 0 Å². The van der Waals surface area contributed by atoms with E-state index in [1.165, 1.54) is 44.1 Å². The molecule has 141 valence electrons. The fourth-order valence-electron chi connectivity index (χ4n) is 4.74. The summed E-state index contributed by atoms with van der Waals surface area (Å²) in [5.74, 6) is 0.680. The number of hydrogen-bond acceptors (Lipinski definition) is 1. The van der Waals surface area contributed by atoms with E-state index in [9.17, 15) is 0 Å². The maximum absolute atomic E-state index is 4.36. The minimum atomic E-state index is -1.44. The molecule has 1 unspecified atom stereocenters. The summed E-state index contributed by atoms with van der Waals surface area (Å²) in [4.78, 5) is 0. The Labute approximate surface area is 168 Å². The molecule has 1 nitrogen and oxygen atoms in total. The van der Waals surface area contributed by atoms with Crippen LogP contribution in [0.5, 0.6) is 0 Å². The van der Waals surface area contributed by atoms with Gasteiger partial charge in [-0.3, -0.25) is 0 Å². The summed E-state index contributed by atoms with van der Waals surface area (Å²) in [6.07, 6.45) is 8.56. The third kappa shape index (κ3) is 4.52. The number of allylic oxidation sites excluding steroid dienone is 4. The van der Waals surface area contributed by atoms with Gasteiger partial charge in [-0.15, -0.1) is 0 Å². The van der Waals surface area contributed by atoms with Gasteiger partial charge in [-0.05, 0) is 0 Å². The van der Waals surface area contributed by atoms with E-state index >= 15 is 0 Å². The van der Waals surface area contributed by atoms with Crippen LogP contribution < -0.4 is 8.99 Å². The Kier molecular flexibility index (Phi) is 7.19. The van der Waals surface area contributed by atoms with Gasteiger partial charge in [0, 0.05) is 0 Å². The van der Waals surface area contributed by atoms with Crippen LogP contribution in [0.15, 0.2) is 44.9 Å². The first-order valence-corrected chi connectivity index (χ1v) is 16.8. The van der Waals surface area contributed by atoms with E-state index < -0.39 is 17.4 Å². The van der Waals surface area contributed by atoms with Gasteiger partial charge in [-0.2, -0.15) is 0 Å². The van der Waals surface area contributed by atoms with Crippen LogP contribution in [0, 0.1) is 12.8 Å². The molecular weight excluding hydrogens is 366 g/mol. The first-order chi connectivity index (χ1) is 12.5. The molecule has 0 bridgehead atoms. The molecule has 0 radical (unpaired) electrons. The standard InChI is InChI=1S/C9H13.C7H14N.C7H9Si.Ti/c1-6-5-7(2)9(4)8(6)3;8-7-5-3-1-2-4-6-7;1-6-4-2-3-5-7(6)8;/h6H,1-4H3;7-8H,1-6H2;2-5H,8H2,1H3;/q;-1;;+1. The van der Waals surface area contributed by atoms with Crippen LogP contribution in [-0.4, -0.2) is 13.4 Å². The van der Waals surface area contributed by atoms with E-state index in [1.807, 2.05) is 3.88 Å². The van der Waals surface area contributed by atoms with Crippen molar-refractivity contribution in [3.8, 4) is 0 Å². The molecule has 1 N–H and O–H groups in total. The van der Waals surface area contributed by atoms with Crippen molar-refractivity contribution in [2.24, 2.45) is 5.92 Å². The van der Waals surface area contributed by atoms with Gasteiger partial charge in [-0.25, -0.2) is 0 Å². The number of rotatable bonds is 5. The van der Waals surface area contributed by atoms with Crippen LogP contribution in [0.25, 0.3) is 0 Å². The first-order valence-electron chi connectivity index (χ1n) is 10.5. The molecule has 0 spiro atoms. The van der Waals surface area contributed by atoms with Gasteiger partial charge in [0.15, 0.2) is 0 Å². The van der Waals surface area contributed by atoms with Crippen LogP contribution in [0.1, 0.15) is 71.8 Å². The van der Waals surface area contributed by atoms with Gasteiger partial charge in [0.25, 0.3) is 0 Å². The molecule has 1 atom stereocenters. The van der Waals surface area contributed by atoms with Crippen LogP contribution in [0.3, 0.4) is 0 Å². The van der Waals surface area contributed by atoms with Gasteiger partial charge in [0.2, 0.25) is 0 Å². The molecule has 1 saturated carbocycles. The van der Waals surface area contributed by atoms with Crippen LogP contribution in [-0.2, 0) is 17.4 Å². The fraction of sp³-hybridized carbons (Fsp3) is 0.565. The molecule has 1 fully saturated rings. The predicted molar refractivity (Wildman–Crippen MR) is 114 cm³/mol. The molecule has 2 aliphatic rings. The quantitative estimate of drug-likeness (QED) is 0.551. The third-order valence-electron chi connectivity index (χ3n) is 6.83. The van der Waals surface area contributed by atoms with E-state index in [4.69, 9.17) is 0 Å². The number of nitrogens with one attached hydrogen (secondary N) is 1. The molecule has 0 amide bonds. The maximum atomic E-state index is 4.36. The van der Waals surface area contributed by atoms with Gasteiger partial charge < -0.3 is 0 Å². The summed E-state index contributed by atoms with van der Waals surface area (Å²) in [6, 6.07) is 9.98. The Morgan fingerprint density at radius 2 is 1.58 bits per heavy atom. The molecule has 1 aromatic rings. The summed E-state index contributed by atoms with van der Waals surface area (Å²) in [5.41, 5.74) is 6.38. The van der Waals surface area contributed by atoms with Crippen molar-refractivity contribution < 1.29 is 17.4 Å². The number of hydrogen-bond donors (Lipinski definition) is 1. The topological polar surface area (TPSA) is 12.0 Å². The average Bonchev–Trinajstić information content (AvgIpc) is 2.83. The summed E-state index contributed by atoms with van der Waals surface area (Å²) >= 11 is -1.44. The Morgan fingerprint density at radius 3 is 2.15 bits per heavy atom. The van der Waals surface area contributed by atoms with Gasteiger partial charge >= 0.3 is 169 Å². The van der Waals surface area contributed by atoms with Gasteiger partial charge in [0.05, 0.1) is 0 Å². The predicted octanol–water partition coefficient (Wildman–Crippen LogP) is 4.81. The molecule has 0 heterocycles. The monoisotopic (exact) mass is 402 g/mol. The van der Waals surface area contributed by atoms with Gasteiger partial charge in [-0.1, -0.05) is 0 Å². The molecule has 3 rings (SSSR count). The average molecular weight is 403 g/mol. The van der Waals surface area contributed by atoms with E-state index in [-0.39, 0.29) is 7.39 Å². The van der Waals surface area contributed by atoms with Crippen molar-refractivity contribution >= 4 is 12.6 Å². The zero-order valence-corrected chi connectivity index (χ0v) is 20.4. The second kappa shape index (κ2) is 9.19. The minimum absolute atomic E-state index is 0.250. The normalized spacial score (nSPS) is 22.6. The Hall–Kier alpha value is -0.409. The Bertz CT molecular complexity index is 698. The summed E-state index contributed by atoms with van der Waals surface area (Å²) in [7, 11) is -0.250. The summed E-state index contributed by atoms with van der Waals surface area (Å²) in [5, 5.41) is 1.71. The van der Waals surface area contributed by atoms with Crippen molar-refractivity contribution in [1.29, 1.82) is 0 Å². The van der Waals surface area contributed by atoms with Crippen molar-refractivity contribution in [1.82, 2.24) is 3.80 Å². The van der Waals surface area contributed by atoms with Crippen LogP contribution >= 0.6 is 0 Å². The van der Waals surface area contributed by atoms with E-state index in [0.717, 1.165) is 6.04 Å². The Balaban J connectivity index is 1.88. The molecule has 0 saturated heterocycles. The Morgan fingerprint density at radius 1 is 0.923 bits per heavy atom. The van der Waals surface area contributed by atoms with Crippen molar-refractivity contribution in [2.45, 2.75) is 79.2 Å². The van der Waals surface area contributed by atoms with Crippen LogP contribution in [0.4, 0.5) is 0 Å². The zero-order chi connectivity index (χ0) is 18.7. The third-order valence-corrected chi connectivity index (χ3v) is 17.7. The molecule has 0 aromatic heterocycles. The van der Waals surface area contributed by atoms with E-state index in [2.05, 4.69) is 62.7 Å². The summed E-state index contributed by atoms with van der Waals surface area (Å²) < 4.78 is 6.23. The van der Waals surface area contributed by atoms with Gasteiger partial charge in [0.1, 0.15) is 0 Å². The van der Waals surface area contributed by atoms with Crippen molar-refractivity contribution in [2.75, 3.05) is 0 Å². The number of benzene rings is 1. The molecule has 2 aliphatic carbocycles. The molecule has 3 heteroatoms. The second-order valence-corrected chi connectivity index (χ2v) is 17.0. The SMILES string of the molecule is CC1=C(C)C(C)[C]([Ti]([NH]C2CCCCCC2)[SiH2]c2ccccc2C)=C1C. The molecule has 26 heavy (non-hydrogen) atoms. The molecular formula is C23H36NSiTi. The second-order valence-electron chi connectivity index (χ2n) is 8.48. The van der Waals surface area contributed by atoms with E-state index in [1.54, 1.807) is 21.9 Å². The number of aryl methyl sites for hydroxylation is 1. The van der Waals surface area contributed by atoms with Crippen molar-refractivity contribution in [3.05, 3.63) is 50.4 Å². The summed E-state index contributed by atoms with van der Waals surface area (Å²) in [6.45, 7) is 11.9. The zero-order valence-electron chi connectivity index (χ0n) is 17.4. The molecule has 0 aliphatic heterocycles. The van der Waals surface area contributed by atoms with Crippen LogP contribution in [0.2, 0.25) is 0 Å². The first kappa shape index (κ1) is 20.3. The fourth-order valence-corrected chi connectivity index (χ4v) is 18.2. The van der Waals surface area contributed by atoms with E-state index in [0.29, 0.717) is 5.92 Å².